The number of benzene rings is 2. The molecule has 3 aromatic heterocycles. The average Bonchev–Trinajstić information content (AvgIpc) is 3.68. The van der Waals surface area contributed by atoms with Crippen LogP contribution < -0.4 is 62.7 Å². The molecule has 0 unspecified atom stereocenters. The second-order valence-corrected chi connectivity index (χ2v) is 10.8. The maximum atomic E-state index is 14.2. The fourth-order valence-corrected chi connectivity index (χ4v) is 6.19. The summed E-state index contributed by atoms with van der Waals surface area (Å²) in [6.07, 6.45) is 7.45. The molecule has 1 aliphatic rings. The third kappa shape index (κ3) is 6.73. The second-order valence-electron chi connectivity index (χ2n) is 10.8. The number of aliphatic hydroxyl groups excluding tert-OH is 1. The molecule has 43 heavy (non-hydrogen) atoms. The van der Waals surface area contributed by atoms with Crippen LogP contribution in [0.5, 0.6) is 0 Å². The molecule has 11 heteroatoms. The summed E-state index contributed by atoms with van der Waals surface area (Å²) in [5.74, 6) is -0.216. The molecule has 3 heterocycles. The SMILES string of the molecule is CCCc1c(Cc2ccc(-c3ccccc3-c3noc(=O)[nH]3)cc2)c(=O)n(C2CCC(OCCO)CC2)c2ccnn12.[K+]. The predicted octanol–water partition coefficient (Wildman–Crippen LogP) is 1.55. The summed E-state index contributed by atoms with van der Waals surface area (Å²) in [5.41, 5.74) is 6.30. The Morgan fingerprint density at radius 3 is 2.44 bits per heavy atom. The van der Waals surface area contributed by atoms with Crippen LogP contribution in [0.1, 0.15) is 61.9 Å². The van der Waals surface area contributed by atoms with E-state index < -0.39 is 5.76 Å². The number of hydrogen-bond donors (Lipinski definition) is 2. The number of H-pyrrole nitrogens is 1. The number of nitrogens with one attached hydrogen (secondary N) is 1. The van der Waals surface area contributed by atoms with Crippen molar-refractivity contribution >= 4 is 5.65 Å². The van der Waals surface area contributed by atoms with Crippen molar-refractivity contribution in [3.8, 4) is 22.5 Å². The minimum atomic E-state index is -0.596. The molecule has 218 valence electrons. The van der Waals surface area contributed by atoms with Crippen molar-refractivity contribution in [2.24, 2.45) is 0 Å². The summed E-state index contributed by atoms with van der Waals surface area (Å²) >= 11 is 0. The number of hydrogen-bond acceptors (Lipinski definition) is 7. The van der Waals surface area contributed by atoms with E-state index in [1.54, 1.807) is 6.20 Å². The zero-order valence-electron chi connectivity index (χ0n) is 24.7. The Labute approximate surface area is 291 Å². The number of fused-ring (bicyclic) bond motifs is 1. The number of aromatic amines is 1. The Bertz CT molecular complexity index is 1780. The topological polar surface area (TPSA) is 128 Å². The molecule has 1 aliphatic carbocycles. The van der Waals surface area contributed by atoms with E-state index in [1.165, 1.54) is 0 Å². The minimum Gasteiger partial charge on any atom is -0.394 e. The van der Waals surface area contributed by atoms with E-state index in [0.717, 1.165) is 77.7 Å². The third-order valence-electron chi connectivity index (χ3n) is 8.16. The Morgan fingerprint density at radius 1 is 1.02 bits per heavy atom. The Morgan fingerprint density at radius 2 is 1.77 bits per heavy atom. The van der Waals surface area contributed by atoms with Gasteiger partial charge in [-0.15, -0.1) is 0 Å². The molecule has 0 bridgehead atoms. The van der Waals surface area contributed by atoms with E-state index >= 15 is 0 Å². The fourth-order valence-electron chi connectivity index (χ4n) is 6.19. The molecular weight excluding hydrogens is 573 g/mol. The number of aromatic nitrogens is 5. The van der Waals surface area contributed by atoms with E-state index in [2.05, 4.69) is 22.2 Å². The molecule has 1 fully saturated rings. The summed E-state index contributed by atoms with van der Waals surface area (Å²) < 4.78 is 14.4. The van der Waals surface area contributed by atoms with Crippen molar-refractivity contribution < 1.29 is 65.8 Å². The van der Waals surface area contributed by atoms with Gasteiger partial charge >= 0.3 is 57.1 Å². The van der Waals surface area contributed by atoms with E-state index in [4.69, 9.17) is 14.4 Å². The first-order chi connectivity index (χ1) is 20.6. The Balaban J connectivity index is 0.00000368. The summed E-state index contributed by atoms with van der Waals surface area (Å²) in [6.45, 7) is 2.49. The van der Waals surface area contributed by atoms with Crippen LogP contribution in [0, 0.1) is 0 Å². The van der Waals surface area contributed by atoms with Crippen LogP contribution in [0.2, 0.25) is 0 Å². The van der Waals surface area contributed by atoms with Gasteiger partial charge in [-0.2, -0.15) is 5.10 Å². The quantitative estimate of drug-likeness (QED) is 0.230. The molecule has 6 rings (SSSR count). The second kappa shape index (κ2) is 14.4. The van der Waals surface area contributed by atoms with Gasteiger partial charge in [0, 0.05) is 29.7 Å². The van der Waals surface area contributed by atoms with Gasteiger partial charge in [-0.1, -0.05) is 67.0 Å². The van der Waals surface area contributed by atoms with E-state index in [9.17, 15) is 9.59 Å². The fraction of sp³-hybridized carbons (Fsp3) is 0.375. The van der Waals surface area contributed by atoms with Gasteiger partial charge in [0.25, 0.3) is 5.56 Å². The van der Waals surface area contributed by atoms with Crippen molar-refractivity contribution in [2.75, 3.05) is 13.2 Å². The standard InChI is InChI=1S/C32H35N5O5.K/c1-2-5-28-27(31(39)36(29-16-17-33-37(28)29)23-12-14-24(15-13-23)41-19-18-38)20-21-8-10-22(11-9-21)25-6-3-4-7-26(25)30-34-32(40)42-35-30;/h3-4,6-11,16-17,23-24,38H,2,5,12-15,18-20H2,1H3,(H,34,35,40);/q;+1. The molecule has 5 aromatic rings. The maximum Gasteiger partial charge on any atom is 1.00 e. The summed E-state index contributed by atoms with van der Waals surface area (Å²) in [5, 5.41) is 17.6. The molecule has 0 radical (unpaired) electrons. The largest absolute Gasteiger partial charge is 1.00 e. The van der Waals surface area contributed by atoms with E-state index in [-0.39, 0.29) is 75.7 Å². The van der Waals surface area contributed by atoms with Gasteiger partial charge in [-0.25, -0.2) is 9.31 Å². The first-order valence-corrected chi connectivity index (χ1v) is 14.6. The normalized spacial score (nSPS) is 16.8. The van der Waals surface area contributed by atoms with Gasteiger partial charge in [-0.05, 0) is 48.8 Å². The molecule has 0 saturated heterocycles. The van der Waals surface area contributed by atoms with Crippen LogP contribution in [-0.2, 0) is 17.6 Å². The Kier molecular flexibility index (Phi) is 10.7. The summed E-state index contributed by atoms with van der Waals surface area (Å²) in [4.78, 5) is 28.4. The monoisotopic (exact) mass is 608 g/mol. The van der Waals surface area contributed by atoms with Crippen LogP contribution in [0.3, 0.4) is 0 Å². The van der Waals surface area contributed by atoms with Crippen LogP contribution in [0.15, 0.2) is 74.9 Å². The molecule has 10 nitrogen and oxygen atoms in total. The molecule has 1 saturated carbocycles. The average molecular weight is 609 g/mol. The molecule has 2 aromatic carbocycles. The van der Waals surface area contributed by atoms with Crippen LogP contribution in [-0.4, -0.2) is 48.7 Å². The number of ether oxygens (including phenoxy) is 1. The number of nitrogens with zero attached hydrogens (tertiary/aromatic N) is 4. The van der Waals surface area contributed by atoms with Gasteiger partial charge in [0.1, 0.15) is 5.65 Å². The first kappa shape index (κ1) is 31.8. The zero-order valence-corrected chi connectivity index (χ0v) is 27.8. The van der Waals surface area contributed by atoms with Gasteiger partial charge < -0.3 is 9.84 Å². The first-order valence-electron chi connectivity index (χ1n) is 14.6. The number of aliphatic hydroxyl groups is 1. The van der Waals surface area contributed by atoms with Gasteiger partial charge in [-0.3, -0.25) is 18.9 Å². The van der Waals surface area contributed by atoms with Crippen molar-refractivity contribution in [1.29, 1.82) is 0 Å². The molecule has 0 atom stereocenters. The van der Waals surface area contributed by atoms with Crippen molar-refractivity contribution in [1.82, 2.24) is 24.3 Å². The Hall–Kier alpha value is -2.64. The molecule has 0 spiro atoms. The summed E-state index contributed by atoms with van der Waals surface area (Å²) in [7, 11) is 0. The number of aryl methyl sites for hydroxylation is 1. The molecule has 0 aliphatic heterocycles. The van der Waals surface area contributed by atoms with Crippen LogP contribution in [0.4, 0.5) is 0 Å². The molecule has 2 N–H and O–H groups in total. The van der Waals surface area contributed by atoms with Crippen molar-refractivity contribution in [3.05, 3.63) is 98.5 Å². The van der Waals surface area contributed by atoms with Gasteiger partial charge in [0.2, 0.25) is 0 Å². The van der Waals surface area contributed by atoms with Crippen LogP contribution >= 0.6 is 0 Å². The van der Waals surface area contributed by atoms with Crippen LogP contribution in [0.25, 0.3) is 28.2 Å². The predicted molar refractivity (Wildman–Crippen MR) is 159 cm³/mol. The zero-order chi connectivity index (χ0) is 29.1. The van der Waals surface area contributed by atoms with Gasteiger partial charge in [0.05, 0.1) is 31.2 Å². The van der Waals surface area contributed by atoms with E-state index in [0.29, 0.717) is 18.9 Å². The third-order valence-corrected chi connectivity index (χ3v) is 8.16. The number of rotatable bonds is 10. The van der Waals surface area contributed by atoms with Gasteiger partial charge in [0.15, 0.2) is 5.82 Å². The molecular formula is C32H35KN5O5+. The van der Waals surface area contributed by atoms with Crippen molar-refractivity contribution in [3.63, 3.8) is 0 Å². The molecule has 0 amide bonds. The van der Waals surface area contributed by atoms with E-state index in [1.807, 2.05) is 63.7 Å². The van der Waals surface area contributed by atoms with Crippen molar-refractivity contribution in [2.45, 2.75) is 64.0 Å². The smallest absolute Gasteiger partial charge is 0.394 e. The minimum absolute atomic E-state index is 0. The summed E-state index contributed by atoms with van der Waals surface area (Å²) in [6, 6.07) is 17.9. The maximum absolute atomic E-state index is 14.2.